The molecule has 1 amide bonds. The summed E-state index contributed by atoms with van der Waals surface area (Å²) in [6.45, 7) is 2.81. The Kier molecular flexibility index (Phi) is 9.57. The van der Waals surface area contributed by atoms with Crippen LogP contribution in [0.1, 0.15) is 38.8 Å². The third kappa shape index (κ3) is 7.17. The van der Waals surface area contributed by atoms with Crippen LogP contribution in [0.5, 0.6) is 11.5 Å². The fourth-order valence-corrected chi connectivity index (χ4v) is 5.57. The molecule has 4 aromatic heterocycles. The standard InChI is InChI=1S/C28H28N6O3.C9H9N/c1-36-21-12-10-20(25(15-21)37-2)18-34-26(13-11-19-16-30-23-8-4-3-7-22(19)23)32-33-27(34)17-31-28(35)24-9-5-6-14-29-24;1-7-6-10-9-5-3-2-4-8(7)9/h3-10,12,14-16,30H,11,13,17-18H2,1-2H3,(H,31,35);2-6,10H,1H3. The first-order valence-corrected chi connectivity index (χ1v) is 15.4. The normalized spacial score (nSPS) is 10.9. The zero-order valence-electron chi connectivity index (χ0n) is 26.7. The largest absolute Gasteiger partial charge is 0.497 e. The quantitative estimate of drug-likeness (QED) is 0.161. The molecule has 0 saturated carbocycles. The van der Waals surface area contributed by atoms with Gasteiger partial charge in [0.2, 0.25) is 0 Å². The van der Waals surface area contributed by atoms with Gasteiger partial charge in [-0.05, 0) is 60.9 Å². The minimum absolute atomic E-state index is 0.216. The topological polar surface area (TPSA) is 123 Å². The number of amides is 1. The second kappa shape index (κ2) is 14.5. The van der Waals surface area contributed by atoms with Crippen molar-refractivity contribution in [2.75, 3.05) is 14.2 Å². The van der Waals surface area contributed by atoms with E-state index in [2.05, 4.69) is 67.7 Å². The number of aromatic amines is 2. The molecular formula is C37H37N7O3. The number of hydrogen-bond acceptors (Lipinski definition) is 6. The Bertz CT molecular complexity index is 2100. The van der Waals surface area contributed by atoms with E-state index in [0.29, 0.717) is 36.0 Å². The number of ether oxygens (including phenoxy) is 2. The monoisotopic (exact) mass is 627 g/mol. The van der Waals surface area contributed by atoms with E-state index in [9.17, 15) is 4.79 Å². The van der Waals surface area contributed by atoms with Crippen molar-refractivity contribution in [1.29, 1.82) is 0 Å². The molecule has 0 radical (unpaired) electrons. The molecule has 3 aromatic carbocycles. The van der Waals surface area contributed by atoms with E-state index in [0.717, 1.165) is 23.3 Å². The van der Waals surface area contributed by atoms with Gasteiger partial charge in [-0.1, -0.05) is 42.5 Å². The lowest BCUT2D eigenvalue weighted by Crippen LogP contribution is -2.26. The van der Waals surface area contributed by atoms with Crippen LogP contribution >= 0.6 is 0 Å². The first-order valence-electron chi connectivity index (χ1n) is 15.4. The molecule has 0 atom stereocenters. The molecule has 0 saturated heterocycles. The minimum atomic E-state index is -0.266. The summed E-state index contributed by atoms with van der Waals surface area (Å²) in [5, 5.41) is 14.4. The van der Waals surface area contributed by atoms with Crippen LogP contribution in [0.4, 0.5) is 0 Å². The van der Waals surface area contributed by atoms with Crippen LogP contribution in [0.2, 0.25) is 0 Å². The van der Waals surface area contributed by atoms with Crippen LogP contribution in [0.25, 0.3) is 21.8 Å². The van der Waals surface area contributed by atoms with Gasteiger partial charge < -0.3 is 29.3 Å². The van der Waals surface area contributed by atoms with E-state index in [1.807, 2.05) is 53.4 Å². The van der Waals surface area contributed by atoms with Crippen LogP contribution in [-0.2, 0) is 25.9 Å². The molecule has 3 N–H and O–H groups in total. The highest BCUT2D eigenvalue weighted by Crippen LogP contribution is 2.26. The number of fused-ring (bicyclic) bond motifs is 2. The number of carbonyl (C=O) groups is 1. The fraction of sp³-hybridized carbons (Fsp3) is 0.189. The summed E-state index contributed by atoms with van der Waals surface area (Å²) in [4.78, 5) is 23.2. The van der Waals surface area contributed by atoms with Crippen molar-refractivity contribution in [3.63, 3.8) is 0 Å². The highest BCUT2D eigenvalue weighted by Gasteiger charge is 2.17. The number of H-pyrrole nitrogens is 2. The lowest BCUT2D eigenvalue weighted by molar-refractivity contribution is 0.0944. The Hall–Kier alpha value is -5.90. The average Bonchev–Trinajstić information content (AvgIpc) is 3.83. The van der Waals surface area contributed by atoms with Gasteiger partial charge in [0.1, 0.15) is 23.0 Å². The van der Waals surface area contributed by atoms with Crippen LogP contribution < -0.4 is 14.8 Å². The molecular weight excluding hydrogens is 590 g/mol. The van der Waals surface area contributed by atoms with E-state index in [4.69, 9.17) is 9.47 Å². The third-order valence-corrected chi connectivity index (χ3v) is 8.12. The summed E-state index contributed by atoms with van der Waals surface area (Å²) in [5.74, 6) is 2.63. The number of aryl methyl sites for hydroxylation is 3. The predicted octanol–water partition coefficient (Wildman–Crippen LogP) is 6.41. The number of pyridine rings is 1. The third-order valence-electron chi connectivity index (χ3n) is 8.12. The second-order valence-electron chi connectivity index (χ2n) is 11.1. The van der Waals surface area contributed by atoms with Crippen LogP contribution in [0.15, 0.2) is 104 Å². The van der Waals surface area contributed by atoms with Crippen molar-refractivity contribution in [1.82, 2.24) is 35.0 Å². The van der Waals surface area contributed by atoms with E-state index in [-0.39, 0.29) is 12.5 Å². The Labute approximate surface area is 272 Å². The van der Waals surface area contributed by atoms with E-state index in [1.165, 1.54) is 27.4 Å². The molecule has 0 fully saturated rings. The molecule has 10 heteroatoms. The lowest BCUT2D eigenvalue weighted by atomic mass is 10.1. The summed E-state index contributed by atoms with van der Waals surface area (Å²) in [7, 11) is 3.26. The summed E-state index contributed by atoms with van der Waals surface area (Å²) >= 11 is 0. The lowest BCUT2D eigenvalue weighted by Gasteiger charge is -2.15. The second-order valence-corrected chi connectivity index (χ2v) is 11.1. The van der Waals surface area contributed by atoms with Gasteiger partial charge in [0.15, 0.2) is 5.82 Å². The Morgan fingerprint density at radius 1 is 0.787 bits per heavy atom. The number of nitrogens with one attached hydrogen (secondary N) is 3. The zero-order valence-corrected chi connectivity index (χ0v) is 26.7. The first-order chi connectivity index (χ1) is 23.0. The predicted molar refractivity (Wildman–Crippen MR) is 183 cm³/mol. The summed E-state index contributed by atoms with van der Waals surface area (Å²) in [6, 6.07) is 27.5. The van der Waals surface area contributed by atoms with Gasteiger partial charge in [-0.3, -0.25) is 9.78 Å². The smallest absolute Gasteiger partial charge is 0.270 e. The van der Waals surface area contributed by atoms with E-state index >= 15 is 0 Å². The molecule has 7 aromatic rings. The molecule has 238 valence electrons. The number of rotatable bonds is 10. The summed E-state index contributed by atoms with van der Waals surface area (Å²) < 4.78 is 13.0. The number of nitrogens with zero attached hydrogens (tertiary/aromatic N) is 4. The van der Waals surface area contributed by atoms with Gasteiger partial charge in [0.05, 0.1) is 27.3 Å². The molecule has 0 bridgehead atoms. The van der Waals surface area contributed by atoms with Crippen molar-refractivity contribution in [2.24, 2.45) is 0 Å². The summed E-state index contributed by atoms with van der Waals surface area (Å²) in [5.41, 5.74) is 6.17. The number of methoxy groups -OCH3 is 2. The SMILES string of the molecule is COc1ccc(Cn2c(CCc3c[nH]c4ccccc34)nnc2CNC(=O)c2ccccn2)c(OC)c1.Cc1c[nH]c2ccccc12. The average molecular weight is 628 g/mol. The van der Waals surface area contributed by atoms with Gasteiger partial charge in [0, 0.05) is 58.4 Å². The fourth-order valence-electron chi connectivity index (χ4n) is 5.57. The van der Waals surface area contributed by atoms with Crippen molar-refractivity contribution in [3.8, 4) is 11.5 Å². The molecule has 0 aliphatic heterocycles. The Morgan fingerprint density at radius 2 is 1.51 bits per heavy atom. The maximum Gasteiger partial charge on any atom is 0.270 e. The maximum absolute atomic E-state index is 12.6. The van der Waals surface area contributed by atoms with Gasteiger partial charge in [0.25, 0.3) is 5.91 Å². The van der Waals surface area contributed by atoms with Crippen molar-refractivity contribution in [3.05, 3.63) is 138 Å². The van der Waals surface area contributed by atoms with Gasteiger partial charge in [-0.2, -0.15) is 0 Å². The summed E-state index contributed by atoms with van der Waals surface area (Å²) in [6.07, 6.45) is 7.15. The highest BCUT2D eigenvalue weighted by atomic mass is 16.5. The van der Waals surface area contributed by atoms with Gasteiger partial charge in [-0.15, -0.1) is 10.2 Å². The maximum atomic E-state index is 12.6. The Morgan fingerprint density at radius 3 is 2.26 bits per heavy atom. The number of benzene rings is 3. The molecule has 7 rings (SSSR count). The van der Waals surface area contributed by atoms with Gasteiger partial charge in [-0.25, -0.2) is 0 Å². The highest BCUT2D eigenvalue weighted by molar-refractivity contribution is 5.92. The molecule has 0 aliphatic carbocycles. The van der Waals surface area contributed by atoms with Crippen LogP contribution in [0.3, 0.4) is 0 Å². The van der Waals surface area contributed by atoms with Gasteiger partial charge >= 0.3 is 0 Å². The van der Waals surface area contributed by atoms with E-state index in [1.54, 1.807) is 38.6 Å². The molecule has 0 aliphatic rings. The van der Waals surface area contributed by atoms with Crippen molar-refractivity contribution in [2.45, 2.75) is 32.9 Å². The van der Waals surface area contributed by atoms with Crippen molar-refractivity contribution >= 4 is 27.7 Å². The Balaban J connectivity index is 0.000000327. The molecule has 10 nitrogen and oxygen atoms in total. The number of hydrogen-bond donors (Lipinski definition) is 3. The molecule has 4 heterocycles. The first kappa shape index (κ1) is 31.1. The van der Waals surface area contributed by atoms with Crippen LogP contribution in [-0.4, -0.2) is 49.8 Å². The molecule has 47 heavy (non-hydrogen) atoms. The molecule has 0 spiro atoms. The molecule has 0 unspecified atom stereocenters. The minimum Gasteiger partial charge on any atom is -0.497 e. The number of aromatic nitrogens is 6. The van der Waals surface area contributed by atoms with Crippen molar-refractivity contribution < 1.29 is 14.3 Å². The van der Waals surface area contributed by atoms with E-state index < -0.39 is 0 Å². The zero-order chi connectivity index (χ0) is 32.6. The number of carbonyl (C=O) groups excluding carboxylic acids is 1. The number of para-hydroxylation sites is 2. The van der Waals surface area contributed by atoms with Crippen LogP contribution in [0, 0.1) is 6.92 Å².